The third kappa shape index (κ3) is 0.918. The highest BCUT2D eigenvalue weighted by Gasteiger charge is 2.73. The zero-order chi connectivity index (χ0) is 12.6. The van der Waals surface area contributed by atoms with Crippen LogP contribution in [0.3, 0.4) is 0 Å². The number of aliphatic hydroxyl groups excluding tert-OH is 1. The summed E-state index contributed by atoms with van der Waals surface area (Å²) in [5.74, 6) is 0. The minimum Gasteiger partial charge on any atom is -0.524 e. The van der Waals surface area contributed by atoms with E-state index in [4.69, 9.17) is 9.39 Å². The second-order valence-electron chi connectivity index (χ2n) is 5.82. The third-order valence-corrected chi connectivity index (χ3v) is 4.91. The number of rotatable bonds is 1. The maximum atomic E-state index is 10.9. The van der Waals surface area contributed by atoms with Gasteiger partial charge in [0.1, 0.15) is 12.1 Å². The molecule has 0 aliphatic carbocycles. The Kier molecular flexibility index (Phi) is 1.81. The molecule has 1 aromatic rings. The van der Waals surface area contributed by atoms with Gasteiger partial charge in [0.2, 0.25) is 0 Å². The SMILES string of the molecule is C[C@]12OC[C@]3(CO)CO[B@-](O)(c4ccccc41)[NH+]32. The summed E-state index contributed by atoms with van der Waals surface area (Å²) in [6.07, 6.45) is 0. The van der Waals surface area contributed by atoms with Crippen LogP contribution in [0.2, 0.25) is 0 Å². The number of aliphatic hydroxyl groups is 1. The molecule has 0 aromatic heterocycles. The quantitative estimate of drug-likeness (QED) is 0.489. The topological polar surface area (TPSA) is 63.4 Å². The zero-order valence-electron chi connectivity index (χ0n) is 10.2. The Morgan fingerprint density at radius 2 is 2.17 bits per heavy atom. The molecule has 1 unspecified atom stereocenters. The normalized spacial score (nSPS) is 48.3. The largest absolute Gasteiger partial charge is 0.524 e. The van der Waals surface area contributed by atoms with Crippen molar-refractivity contribution < 1.29 is 24.3 Å². The number of ether oxygens (including phenoxy) is 1. The monoisotopic (exact) mass is 249 g/mol. The van der Waals surface area contributed by atoms with Gasteiger partial charge in [-0.25, -0.2) is 0 Å². The molecular weight excluding hydrogens is 233 g/mol. The first-order valence-electron chi connectivity index (χ1n) is 6.31. The van der Waals surface area contributed by atoms with Gasteiger partial charge in [0.15, 0.2) is 5.72 Å². The van der Waals surface area contributed by atoms with E-state index in [0.29, 0.717) is 13.2 Å². The first-order chi connectivity index (χ1) is 8.57. The minimum atomic E-state index is -2.15. The molecule has 2 saturated heterocycles. The second-order valence-corrected chi connectivity index (χ2v) is 5.82. The lowest BCUT2D eigenvalue weighted by atomic mass is 9.64. The van der Waals surface area contributed by atoms with Gasteiger partial charge in [-0.3, -0.25) is 0 Å². The van der Waals surface area contributed by atoms with Crippen molar-refractivity contribution >= 4 is 12.1 Å². The van der Waals surface area contributed by atoms with E-state index in [1.807, 2.05) is 31.2 Å². The van der Waals surface area contributed by atoms with Crippen molar-refractivity contribution in [2.75, 3.05) is 19.8 Å². The third-order valence-electron chi connectivity index (χ3n) is 4.91. The summed E-state index contributed by atoms with van der Waals surface area (Å²) in [4.78, 5) is 0.832. The number of hydrogen-bond acceptors (Lipinski definition) is 4. The van der Waals surface area contributed by atoms with Crippen molar-refractivity contribution in [1.29, 1.82) is 0 Å². The van der Waals surface area contributed by atoms with Crippen LogP contribution in [-0.4, -0.2) is 42.2 Å². The standard InChI is InChI=1S/C12H16BNO4/c1-11-9-4-2-3-5-10(9)13(16)14(11)12(6-15,7-17-11)8-18-13/h2-5,14-16H,6-8H2,1H3/t11-,12+,13+/m0/s1. The Morgan fingerprint density at radius 1 is 1.39 bits per heavy atom. The molecule has 2 fully saturated rings. The lowest BCUT2D eigenvalue weighted by Gasteiger charge is -2.39. The summed E-state index contributed by atoms with van der Waals surface area (Å²) in [7, 11) is 0. The molecule has 4 atom stereocenters. The number of fused-ring (bicyclic) bond motifs is 3. The lowest BCUT2D eigenvalue weighted by Crippen LogP contribution is -3.30. The van der Waals surface area contributed by atoms with E-state index < -0.39 is 18.0 Å². The van der Waals surface area contributed by atoms with Gasteiger partial charge in [0.05, 0.1) is 13.2 Å². The van der Waals surface area contributed by atoms with Crippen LogP contribution in [0, 0.1) is 0 Å². The molecule has 0 amide bonds. The van der Waals surface area contributed by atoms with E-state index in [9.17, 15) is 10.1 Å². The average molecular weight is 249 g/mol. The van der Waals surface area contributed by atoms with Crippen LogP contribution in [0.4, 0.5) is 0 Å². The number of quaternary nitrogens is 1. The Morgan fingerprint density at radius 3 is 2.94 bits per heavy atom. The smallest absolute Gasteiger partial charge is 0.502 e. The van der Waals surface area contributed by atoms with E-state index in [-0.39, 0.29) is 6.61 Å². The summed E-state index contributed by atoms with van der Waals surface area (Å²) in [5.41, 5.74) is 0.621. The molecule has 3 aliphatic rings. The van der Waals surface area contributed by atoms with Gasteiger partial charge in [-0.2, -0.15) is 0 Å². The molecule has 96 valence electrons. The fraction of sp³-hybridized carbons (Fsp3) is 0.500. The number of nitrogens with one attached hydrogen (secondary N) is 1. The van der Waals surface area contributed by atoms with Crippen molar-refractivity contribution in [3.8, 4) is 0 Å². The summed E-state index contributed by atoms with van der Waals surface area (Å²) in [6.45, 7) is 0.512. The van der Waals surface area contributed by atoms with Crippen LogP contribution in [-0.2, 0) is 15.1 Å². The van der Waals surface area contributed by atoms with Crippen molar-refractivity contribution in [3.05, 3.63) is 29.8 Å². The van der Waals surface area contributed by atoms with Crippen molar-refractivity contribution in [1.82, 2.24) is 0 Å². The highest BCUT2D eigenvalue weighted by molar-refractivity contribution is 6.74. The summed E-state index contributed by atoms with van der Waals surface area (Å²) in [5, 5.41) is 20.7. The van der Waals surface area contributed by atoms with E-state index >= 15 is 0 Å². The van der Waals surface area contributed by atoms with Crippen molar-refractivity contribution in [2.24, 2.45) is 0 Å². The van der Waals surface area contributed by atoms with Gasteiger partial charge in [-0.15, -0.1) is 0 Å². The molecule has 0 bridgehead atoms. The van der Waals surface area contributed by atoms with Crippen LogP contribution < -0.4 is 10.3 Å². The molecule has 6 heteroatoms. The molecule has 3 N–H and O–H groups in total. The van der Waals surface area contributed by atoms with E-state index in [1.54, 1.807) is 0 Å². The Bertz CT molecular complexity index is 498. The molecule has 1 aromatic carbocycles. The number of hydrogen-bond donors (Lipinski definition) is 3. The van der Waals surface area contributed by atoms with Crippen LogP contribution in [0.1, 0.15) is 12.5 Å². The lowest BCUT2D eigenvalue weighted by molar-refractivity contribution is -0.909. The minimum absolute atomic E-state index is 0.0457. The Balaban J connectivity index is 2.01. The van der Waals surface area contributed by atoms with E-state index in [1.165, 1.54) is 0 Å². The fourth-order valence-corrected chi connectivity index (χ4v) is 4.13. The van der Waals surface area contributed by atoms with Crippen molar-refractivity contribution in [3.63, 3.8) is 0 Å². The Hall–Kier alpha value is -0.915. The van der Waals surface area contributed by atoms with Gasteiger partial charge in [0, 0.05) is 12.5 Å². The molecule has 4 rings (SSSR count). The van der Waals surface area contributed by atoms with Gasteiger partial charge >= 0.3 is 6.69 Å². The van der Waals surface area contributed by atoms with Crippen molar-refractivity contribution in [2.45, 2.75) is 18.2 Å². The van der Waals surface area contributed by atoms with Gasteiger partial charge in [-0.05, 0) is 0 Å². The molecule has 0 radical (unpaired) electrons. The van der Waals surface area contributed by atoms with E-state index in [2.05, 4.69) is 0 Å². The van der Waals surface area contributed by atoms with Crippen LogP contribution in [0.25, 0.3) is 0 Å². The predicted octanol–water partition coefficient (Wildman–Crippen LogP) is -2.31. The maximum absolute atomic E-state index is 10.9. The highest BCUT2D eigenvalue weighted by Crippen LogP contribution is 2.36. The molecule has 0 spiro atoms. The van der Waals surface area contributed by atoms with Crippen LogP contribution >= 0.6 is 0 Å². The fourth-order valence-electron chi connectivity index (χ4n) is 4.13. The molecule has 3 aliphatic heterocycles. The second kappa shape index (κ2) is 2.97. The molecule has 18 heavy (non-hydrogen) atoms. The predicted molar refractivity (Wildman–Crippen MR) is 64.1 cm³/mol. The van der Waals surface area contributed by atoms with E-state index in [0.717, 1.165) is 15.8 Å². The molecule has 3 heterocycles. The van der Waals surface area contributed by atoms with Gasteiger partial charge in [0.25, 0.3) is 0 Å². The van der Waals surface area contributed by atoms with Gasteiger partial charge in [-0.1, -0.05) is 29.7 Å². The van der Waals surface area contributed by atoms with Crippen LogP contribution in [0.15, 0.2) is 24.3 Å². The summed E-state index contributed by atoms with van der Waals surface area (Å²) < 4.78 is 11.7. The zero-order valence-corrected chi connectivity index (χ0v) is 10.2. The number of benzene rings is 1. The van der Waals surface area contributed by atoms with Crippen LogP contribution in [0.5, 0.6) is 0 Å². The Labute approximate surface area is 105 Å². The molecule has 5 nitrogen and oxygen atoms in total. The molecular formula is C12H16BNO4. The summed E-state index contributed by atoms with van der Waals surface area (Å²) in [6, 6.07) is 7.69. The average Bonchev–Trinajstić information content (AvgIpc) is 2.94. The highest BCUT2D eigenvalue weighted by atomic mass is 16.6. The first-order valence-corrected chi connectivity index (χ1v) is 6.31. The maximum Gasteiger partial charge on any atom is 0.502 e. The van der Waals surface area contributed by atoms with Gasteiger partial charge < -0.3 is 24.3 Å². The molecule has 0 saturated carbocycles. The summed E-state index contributed by atoms with van der Waals surface area (Å²) >= 11 is 0. The first kappa shape index (κ1) is 11.0.